The maximum atomic E-state index is 15.6. The van der Waals surface area contributed by atoms with Crippen molar-refractivity contribution in [2.75, 3.05) is 32.6 Å². The number of anilines is 1. The van der Waals surface area contributed by atoms with Gasteiger partial charge in [0, 0.05) is 36.8 Å². The first-order chi connectivity index (χ1) is 24.7. The lowest BCUT2D eigenvalue weighted by molar-refractivity contribution is 0.100. The number of likely N-dealkylation sites (N-methyl/N-ethyl adjacent to an activating group) is 1. The Balaban J connectivity index is 1.15. The Morgan fingerprint density at radius 3 is 2.53 bits per heavy atom. The molecule has 1 fully saturated rings. The molecule has 3 aromatic carbocycles. The number of nitrogens with one attached hydrogen (secondary N) is 1. The molecule has 1 amide bonds. The summed E-state index contributed by atoms with van der Waals surface area (Å²) in [6.45, 7) is 2.10. The Kier molecular flexibility index (Phi) is 9.40. The van der Waals surface area contributed by atoms with Crippen molar-refractivity contribution in [2.45, 2.75) is 25.5 Å². The number of halogens is 2. The van der Waals surface area contributed by atoms with Crippen LogP contribution >= 0.6 is 0 Å². The molecule has 1 saturated heterocycles. The van der Waals surface area contributed by atoms with Crippen LogP contribution in [0.3, 0.4) is 0 Å². The van der Waals surface area contributed by atoms with Gasteiger partial charge in [-0.3, -0.25) is 9.59 Å². The van der Waals surface area contributed by atoms with E-state index in [1.54, 1.807) is 24.1 Å². The molecular weight excluding hydrogens is 660 g/mol. The SMILES string of the molecule is COc1ccc(Cn2nc(O[C@H]3CCCN(C)C3)c3c(Oc4ccc(NC(=O)c5ccnn(-c6ccc(F)cc6)c5=O)cc4F)ccnc32)cc1. The van der Waals surface area contributed by atoms with Gasteiger partial charge in [0.05, 0.1) is 19.3 Å². The predicted molar refractivity (Wildman–Crippen MR) is 185 cm³/mol. The van der Waals surface area contributed by atoms with Crippen molar-refractivity contribution >= 4 is 22.6 Å². The molecule has 51 heavy (non-hydrogen) atoms. The van der Waals surface area contributed by atoms with Crippen molar-refractivity contribution in [3.05, 3.63) is 124 Å². The van der Waals surface area contributed by atoms with Crippen LogP contribution in [0.25, 0.3) is 16.7 Å². The molecule has 3 aromatic heterocycles. The minimum Gasteiger partial charge on any atom is -0.497 e. The summed E-state index contributed by atoms with van der Waals surface area (Å²) in [5.41, 5.74) is 0.857. The quantitative estimate of drug-likeness (QED) is 0.189. The van der Waals surface area contributed by atoms with Crippen LogP contribution in [-0.4, -0.2) is 68.7 Å². The number of amides is 1. The Hall–Kier alpha value is -6.15. The number of hydrogen-bond acceptors (Lipinski definition) is 9. The highest BCUT2D eigenvalue weighted by Gasteiger charge is 2.25. The van der Waals surface area contributed by atoms with E-state index in [1.165, 1.54) is 48.7 Å². The summed E-state index contributed by atoms with van der Waals surface area (Å²) in [5.74, 6) is -0.791. The monoisotopic (exact) mass is 693 g/mol. The lowest BCUT2D eigenvalue weighted by Gasteiger charge is -2.29. The largest absolute Gasteiger partial charge is 0.497 e. The van der Waals surface area contributed by atoms with Gasteiger partial charge in [-0.25, -0.2) is 18.4 Å². The molecule has 260 valence electrons. The first-order valence-corrected chi connectivity index (χ1v) is 16.2. The van der Waals surface area contributed by atoms with Crippen LogP contribution in [0.4, 0.5) is 14.5 Å². The highest BCUT2D eigenvalue weighted by molar-refractivity contribution is 6.04. The number of ether oxygens (including phenoxy) is 3. The molecule has 0 spiro atoms. The van der Waals surface area contributed by atoms with E-state index in [2.05, 4.69) is 20.3 Å². The Labute approximate surface area is 290 Å². The van der Waals surface area contributed by atoms with Gasteiger partial charge in [0.15, 0.2) is 17.2 Å². The van der Waals surface area contributed by atoms with E-state index in [1.807, 2.05) is 31.3 Å². The van der Waals surface area contributed by atoms with Gasteiger partial charge in [0.1, 0.15) is 34.4 Å². The van der Waals surface area contributed by atoms with Crippen molar-refractivity contribution in [3.63, 3.8) is 0 Å². The summed E-state index contributed by atoms with van der Waals surface area (Å²) < 4.78 is 49.6. The molecule has 0 radical (unpaired) electrons. The number of hydrogen-bond donors (Lipinski definition) is 1. The van der Waals surface area contributed by atoms with E-state index in [9.17, 15) is 14.0 Å². The fourth-order valence-corrected chi connectivity index (χ4v) is 5.92. The number of benzene rings is 3. The topological polar surface area (TPSA) is 126 Å². The van der Waals surface area contributed by atoms with Crippen LogP contribution in [0.5, 0.6) is 23.1 Å². The molecule has 1 atom stereocenters. The molecule has 1 aliphatic rings. The van der Waals surface area contributed by atoms with Crippen LogP contribution in [0, 0.1) is 11.6 Å². The lowest BCUT2D eigenvalue weighted by Crippen LogP contribution is -2.38. The fraction of sp³-hybridized carbons (Fsp3) is 0.216. The summed E-state index contributed by atoms with van der Waals surface area (Å²) in [6, 6.07) is 19.5. The number of methoxy groups -OCH3 is 1. The highest BCUT2D eigenvalue weighted by Crippen LogP contribution is 2.37. The molecule has 6 aromatic rings. The minimum atomic E-state index is -0.776. The van der Waals surface area contributed by atoms with E-state index in [0.29, 0.717) is 23.5 Å². The summed E-state index contributed by atoms with van der Waals surface area (Å²) in [5, 5.41) is 11.8. The lowest BCUT2D eigenvalue weighted by atomic mass is 10.1. The Bertz CT molecular complexity index is 2260. The van der Waals surface area contributed by atoms with Gasteiger partial charge in [0.25, 0.3) is 11.5 Å². The third-order valence-corrected chi connectivity index (χ3v) is 8.49. The minimum absolute atomic E-state index is 0.0898. The van der Waals surface area contributed by atoms with Crippen molar-refractivity contribution in [1.29, 1.82) is 0 Å². The maximum Gasteiger partial charge on any atom is 0.284 e. The molecule has 0 bridgehead atoms. The average molecular weight is 694 g/mol. The van der Waals surface area contributed by atoms with Crippen molar-refractivity contribution < 1.29 is 27.8 Å². The summed E-state index contributed by atoms with van der Waals surface area (Å²) in [4.78, 5) is 32.9. The zero-order valence-electron chi connectivity index (χ0n) is 27.8. The molecule has 0 saturated carbocycles. The molecule has 14 heteroatoms. The van der Waals surface area contributed by atoms with E-state index in [0.717, 1.165) is 48.0 Å². The number of piperidine rings is 1. The van der Waals surface area contributed by atoms with Gasteiger partial charge in [-0.2, -0.15) is 9.78 Å². The number of fused-ring (bicyclic) bond motifs is 1. The Morgan fingerprint density at radius 2 is 1.78 bits per heavy atom. The van der Waals surface area contributed by atoms with E-state index >= 15 is 4.39 Å². The third kappa shape index (κ3) is 7.26. The maximum absolute atomic E-state index is 15.6. The van der Waals surface area contributed by atoms with E-state index in [4.69, 9.17) is 19.3 Å². The van der Waals surface area contributed by atoms with Crippen LogP contribution in [0.2, 0.25) is 0 Å². The third-order valence-electron chi connectivity index (χ3n) is 8.49. The van der Waals surface area contributed by atoms with Crippen molar-refractivity contribution in [3.8, 4) is 28.8 Å². The van der Waals surface area contributed by atoms with Gasteiger partial charge in [-0.05, 0) is 86.6 Å². The smallest absolute Gasteiger partial charge is 0.284 e. The second-order valence-corrected chi connectivity index (χ2v) is 12.1. The molecule has 1 aliphatic heterocycles. The zero-order valence-corrected chi connectivity index (χ0v) is 27.8. The Morgan fingerprint density at radius 1 is 0.980 bits per heavy atom. The number of carbonyl (C=O) groups is 1. The van der Waals surface area contributed by atoms with Gasteiger partial charge >= 0.3 is 0 Å². The molecule has 4 heterocycles. The van der Waals surface area contributed by atoms with E-state index < -0.39 is 23.1 Å². The first-order valence-electron chi connectivity index (χ1n) is 16.2. The average Bonchev–Trinajstić information content (AvgIpc) is 3.47. The van der Waals surface area contributed by atoms with Crippen molar-refractivity contribution in [2.24, 2.45) is 0 Å². The molecule has 0 aliphatic carbocycles. The van der Waals surface area contributed by atoms with Gasteiger partial charge < -0.3 is 24.4 Å². The summed E-state index contributed by atoms with van der Waals surface area (Å²) >= 11 is 0. The molecule has 12 nitrogen and oxygen atoms in total. The summed E-state index contributed by atoms with van der Waals surface area (Å²) in [6.07, 6.45) is 4.56. The van der Waals surface area contributed by atoms with Gasteiger partial charge in [-0.1, -0.05) is 12.1 Å². The normalized spacial score (nSPS) is 14.7. The van der Waals surface area contributed by atoms with Gasteiger partial charge in [-0.15, -0.1) is 5.10 Å². The molecule has 1 N–H and O–H groups in total. The van der Waals surface area contributed by atoms with Crippen LogP contribution in [0.15, 0.2) is 96.1 Å². The number of nitrogens with zero attached hydrogens (tertiary/aromatic N) is 6. The van der Waals surface area contributed by atoms with Crippen molar-refractivity contribution in [1.82, 2.24) is 29.4 Å². The van der Waals surface area contributed by atoms with Crippen LogP contribution in [-0.2, 0) is 6.54 Å². The number of pyridine rings is 1. The second kappa shape index (κ2) is 14.4. The standard InChI is InChI=1S/C37H33F2N7O5/c1-44-19-3-4-28(22-44)50-36-33-32(16-17-40-34(33)45(43-36)21-23-5-12-27(49-2)13-6-23)51-31-14-9-25(20-30(31)39)42-35(47)29-15-18-41-46(37(29)48)26-10-7-24(38)8-11-26/h5-18,20,28H,3-4,19,21-22H2,1-2H3,(H,42,47)/t28-/m0/s1. The summed E-state index contributed by atoms with van der Waals surface area (Å²) in [7, 11) is 3.65. The predicted octanol–water partition coefficient (Wildman–Crippen LogP) is 5.83. The van der Waals surface area contributed by atoms with E-state index in [-0.39, 0.29) is 34.5 Å². The number of likely N-dealkylation sites (tertiary alicyclic amines) is 1. The first kappa shape index (κ1) is 33.4. The molecule has 7 rings (SSSR count). The number of carbonyl (C=O) groups excluding carboxylic acids is 1. The van der Waals surface area contributed by atoms with Crippen LogP contribution < -0.4 is 25.1 Å². The zero-order chi connectivity index (χ0) is 35.5. The fourth-order valence-electron chi connectivity index (χ4n) is 5.92. The van der Waals surface area contributed by atoms with Crippen LogP contribution in [0.1, 0.15) is 28.8 Å². The second-order valence-electron chi connectivity index (χ2n) is 12.1. The molecular formula is C37H33F2N7O5. The number of rotatable bonds is 10. The highest BCUT2D eigenvalue weighted by atomic mass is 19.1. The molecule has 0 unspecified atom stereocenters. The number of aromatic nitrogens is 5. The van der Waals surface area contributed by atoms with Gasteiger partial charge in [0.2, 0.25) is 5.88 Å².